The zero-order chi connectivity index (χ0) is 9.52. The van der Waals surface area contributed by atoms with E-state index in [-0.39, 0.29) is 5.91 Å². The van der Waals surface area contributed by atoms with Crippen LogP contribution in [-0.2, 0) is 4.79 Å². The summed E-state index contributed by atoms with van der Waals surface area (Å²) in [6.45, 7) is 1.96. The summed E-state index contributed by atoms with van der Waals surface area (Å²) in [6, 6.07) is 0.634. The van der Waals surface area contributed by atoms with Crippen molar-refractivity contribution in [3.8, 4) is 0 Å². The molecule has 0 aromatic rings. The number of rotatable bonds is 5. The van der Waals surface area contributed by atoms with Crippen LogP contribution >= 0.6 is 11.8 Å². The number of carbonyl (C=O) groups excluding carboxylic acids is 1. The molecule has 1 rings (SSSR count). The van der Waals surface area contributed by atoms with Gasteiger partial charge >= 0.3 is 0 Å². The number of carbonyl (C=O) groups is 1. The minimum Gasteiger partial charge on any atom is -0.355 e. The van der Waals surface area contributed by atoms with Crippen LogP contribution in [0.5, 0.6) is 0 Å². The maximum atomic E-state index is 11.1. The maximum Gasteiger partial charge on any atom is 0.229 e. The molecule has 4 heteroatoms. The molecular formula is C9H18N2OS. The molecule has 1 heterocycles. The largest absolute Gasteiger partial charge is 0.355 e. The van der Waals surface area contributed by atoms with E-state index in [1.165, 1.54) is 12.8 Å². The van der Waals surface area contributed by atoms with Crippen molar-refractivity contribution >= 4 is 17.7 Å². The van der Waals surface area contributed by atoms with Gasteiger partial charge in [-0.05, 0) is 32.1 Å². The number of hydrogen-bond acceptors (Lipinski definition) is 3. The smallest absolute Gasteiger partial charge is 0.229 e. The Morgan fingerprint density at radius 1 is 1.69 bits per heavy atom. The van der Waals surface area contributed by atoms with Crippen LogP contribution in [0.4, 0.5) is 0 Å². The first-order valence-electron chi connectivity index (χ1n) is 4.82. The molecule has 1 fully saturated rings. The molecule has 76 valence electrons. The van der Waals surface area contributed by atoms with Crippen molar-refractivity contribution < 1.29 is 4.79 Å². The summed E-state index contributed by atoms with van der Waals surface area (Å²) < 4.78 is 0. The van der Waals surface area contributed by atoms with E-state index in [9.17, 15) is 4.79 Å². The first-order chi connectivity index (χ1) is 6.33. The van der Waals surface area contributed by atoms with Crippen LogP contribution in [0.15, 0.2) is 0 Å². The Bertz CT molecular complexity index is 158. The number of thioether (sulfide) groups is 1. The standard InChI is InChI=1S/C9H18N2OS/c1-13-7-9(12)11-6-4-8-3-2-5-10-8/h8,10H,2-7H2,1H3,(H,11,12)/t8-/m1/s1. The van der Waals surface area contributed by atoms with Crippen molar-refractivity contribution in [3.05, 3.63) is 0 Å². The van der Waals surface area contributed by atoms with E-state index in [1.54, 1.807) is 11.8 Å². The fourth-order valence-corrected chi connectivity index (χ4v) is 1.94. The Hall–Kier alpha value is -0.220. The number of hydrogen-bond donors (Lipinski definition) is 2. The molecule has 1 aliphatic rings. The van der Waals surface area contributed by atoms with Crippen molar-refractivity contribution in [2.24, 2.45) is 0 Å². The third kappa shape index (κ3) is 4.52. The van der Waals surface area contributed by atoms with Crippen LogP contribution in [0.3, 0.4) is 0 Å². The van der Waals surface area contributed by atoms with Gasteiger partial charge in [-0.2, -0.15) is 11.8 Å². The zero-order valence-electron chi connectivity index (χ0n) is 8.14. The lowest BCUT2D eigenvalue weighted by Crippen LogP contribution is -2.31. The molecule has 3 nitrogen and oxygen atoms in total. The SMILES string of the molecule is CSCC(=O)NCC[C@H]1CCCN1. The molecule has 0 bridgehead atoms. The second kappa shape index (κ2) is 6.27. The molecule has 0 radical (unpaired) electrons. The quantitative estimate of drug-likeness (QED) is 0.686. The van der Waals surface area contributed by atoms with Gasteiger partial charge in [-0.15, -0.1) is 0 Å². The molecule has 1 aliphatic heterocycles. The maximum absolute atomic E-state index is 11.1. The van der Waals surface area contributed by atoms with Crippen LogP contribution in [0.1, 0.15) is 19.3 Å². The van der Waals surface area contributed by atoms with Gasteiger partial charge < -0.3 is 10.6 Å². The second-order valence-corrected chi connectivity index (χ2v) is 4.23. The van der Waals surface area contributed by atoms with Gasteiger partial charge in [-0.3, -0.25) is 4.79 Å². The molecule has 1 saturated heterocycles. The van der Waals surface area contributed by atoms with Gasteiger partial charge in [-0.25, -0.2) is 0 Å². The van der Waals surface area contributed by atoms with Crippen molar-refractivity contribution in [2.45, 2.75) is 25.3 Å². The Labute approximate surface area is 84.0 Å². The van der Waals surface area contributed by atoms with Gasteiger partial charge in [0.1, 0.15) is 0 Å². The molecule has 0 aromatic carbocycles. The van der Waals surface area contributed by atoms with E-state index in [4.69, 9.17) is 0 Å². The lowest BCUT2D eigenvalue weighted by molar-refractivity contribution is -0.118. The highest BCUT2D eigenvalue weighted by atomic mass is 32.2. The van der Waals surface area contributed by atoms with Gasteiger partial charge in [0.05, 0.1) is 5.75 Å². The molecule has 0 aliphatic carbocycles. The van der Waals surface area contributed by atoms with E-state index in [2.05, 4.69) is 10.6 Å². The average molecular weight is 202 g/mol. The van der Waals surface area contributed by atoms with Crippen molar-refractivity contribution in [3.63, 3.8) is 0 Å². The highest BCUT2D eigenvalue weighted by molar-refractivity contribution is 7.99. The van der Waals surface area contributed by atoms with Crippen molar-refractivity contribution in [2.75, 3.05) is 25.1 Å². The molecule has 0 spiro atoms. The monoisotopic (exact) mass is 202 g/mol. The van der Waals surface area contributed by atoms with E-state index in [1.807, 2.05) is 6.26 Å². The van der Waals surface area contributed by atoms with Gasteiger partial charge in [0.15, 0.2) is 0 Å². The van der Waals surface area contributed by atoms with Gasteiger partial charge in [0.25, 0.3) is 0 Å². The summed E-state index contributed by atoms with van der Waals surface area (Å²) in [6.07, 6.45) is 5.56. The first kappa shape index (κ1) is 10.9. The van der Waals surface area contributed by atoms with Gasteiger partial charge in [0, 0.05) is 12.6 Å². The number of amides is 1. The summed E-state index contributed by atoms with van der Waals surface area (Å²) >= 11 is 1.56. The van der Waals surface area contributed by atoms with E-state index in [0.717, 1.165) is 19.5 Å². The summed E-state index contributed by atoms with van der Waals surface area (Å²) in [5, 5.41) is 6.32. The van der Waals surface area contributed by atoms with Gasteiger partial charge in [0.2, 0.25) is 5.91 Å². The van der Waals surface area contributed by atoms with Crippen LogP contribution < -0.4 is 10.6 Å². The Kier molecular flexibility index (Phi) is 5.23. The summed E-state index contributed by atoms with van der Waals surface area (Å²) in [4.78, 5) is 11.1. The van der Waals surface area contributed by atoms with Crippen LogP contribution in [0.2, 0.25) is 0 Å². The topological polar surface area (TPSA) is 41.1 Å². The second-order valence-electron chi connectivity index (χ2n) is 3.36. The third-order valence-corrected chi connectivity index (χ3v) is 2.80. The fourth-order valence-electron chi connectivity index (χ4n) is 1.57. The molecule has 0 unspecified atom stereocenters. The molecule has 0 aromatic heterocycles. The average Bonchev–Trinajstić information content (AvgIpc) is 2.57. The van der Waals surface area contributed by atoms with E-state index < -0.39 is 0 Å². The Balaban J connectivity index is 1.96. The highest BCUT2D eigenvalue weighted by Gasteiger charge is 2.13. The lowest BCUT2D eigenvalue weighted by Gasteiger charge is -2.10. The normalized spacial score (nSPS) is 21.8. The first-order valence-corrected chi connectivity index (χ1v) is 6.21. The molecule has 1 amide bonds. The molecular weight excluding hydrogens is 184 g/mol. The molecule has 0 saturated carbocycles. The summed E-state index contributed by atoms with van der Waals surface area (Å²) in [5.41, 5.74) is 0. The minimum atomic E-state index is 0.158. The van der Waals surface area contributed by atoms with Crippen molar-refractivity contribution in [1.82, 2.24) is 10.6 Å². The van der Waals surface area contributed by atoms with Crippen LogP contribution in [0, 0.1) is 0 Å². The molecule has 2 N–H and O–H groups in total. The predicted octanol–water partition coefficient (Wildman–Crippen LogP) is 0.608. The number of nitrogens with one attached hydrogen (secondary N) is 2. The van der Waals surface area contributed by atoms with Gasteiger partial charge in [-0.1, -0.05) is 0 Å². The van der Waals surface area contributed by atoms with Crippen molar-refractivity contribution in [1.29, 1.82) is 0 Å². The summed E-state index contributed by atoms with van der Waals surface area (Å²) in [5.74, 6) is 0.739. The summed E-state index contributed by atoms with van der Waals surface area (Å²) in [7, 11) is 0. The Morgan fingerprint density at radius 3 is 3.15 bits per heavy atom. The fraction of sp³-hybridized carbons (Fsp3) is 0.889. The lowest BCUT2D eigenvalue weighted by atomic mass is 10.1. The predicted molar refractivity (Wildman–Crippen MR) is 57.0 cm³/mol. The molecule has 1 atom stereocenters. The van der Waals surface area contributed by atoms with Crippen LogP contribution in [0.25, 0.3) is 0 Å². The Morgan fingerprint density at radius 2 is 2.54 bits per heavy atom. The van der Waals surface area contributed by atoms with E-state index >= 15 is 0 Å². The molecule has 13 heavy (non-hydrogen) atoms. The highest BCUT2D eigenvalue weighted by Crippen LogP contribution is 2.07. The van der Waals surface area contributed by atoms with Crippen LogP contribution in [-0.4, -0.2) is 37.0 Å². The zero-order valence-corrected chi connectivity index (χ0v) is 8.95. The van der Waals surface area contributed by atoms with E-state index in [0.29, 0.717) is 11.8 Å². The third-order valence-electron chi connectivity index (χ3n) is 2.25. The minimum absolute atomic E-state index is 0.158.